The molecule has 0 radical (unpaired) electrons. The summed E-state index contributed by atoms with van der Waals surface area (Å²) in [7, 11) is 0. The van der Waals surface area contributed by atoms with Crippen LogP contribution in [0.4, 0.5) is 15.9 Å². The zero-order valence-electron chi connectivity index (χ0n) is 23.8. The molecule has 7 nitrogen and oxygen atoms in total. The van der Waals surface area contributed by atoms with Crippen LogP contribution in [0.3, 0.4) is 0 Å². The van der Waals surface area contributed by atoms with Gasteiger partial charge in [0.05, 0.1) is 28.1 Å². The van der Waals surface area contributed by atoms with Crippen LogP contribution >= 0.6 is 11.6 Å². The normalized spacial score (nSPS) is 21.6. The number of fused-ring (bicyclic) bond motifs is 1. The van der Waals surface area contributed by atoms with Gasteiger partial charge in [0.1, 0.15) is 11.6 Å². The average Bonchev–Trinajstić information content (AvgIpc) is 3.24. The molecule has 2 aliphatic carbocycles. The van der Waals surface area contributed by atoms with Crippen LogP contribution in [0.25, 0.3) is 11.3 Å². The molecule has 0 spiro atoms. The first kappa shape index (κ1) is 21.7. The lowest BCUT2D eigenvalue weighted by atomic mass is 10.1. The van der Waals surface area contributed by atoms with Crippen molar-refractivity contribution >= 4 is 34.9 Å². The van der Waals surface area contributed by atoms with Gasteiger partial charge in [0.15, 0.2) is 5.82 Å². The van der Waals surface area contributed by atoms with Crippen LogP contribution in [-0.4, -0.2) is 34.7 Å². The number of nitrogens with one attached hydrogen (secondary N) is 1. The minimum absolute atomic E-state index is 0.0219. The molecule has 0 aliphatic heterocycles. The smallest absolute Gasteiger partial charge is 0.262 e. The zero-order chi connectivity index (χ0) is 28.9. The van der Waals surface area contributed by atoms with Crippen molar-refractivity contribution < 1.29 is 22.8 Å². The Labute approximate surface area is 224 Å². The lowest BCUT2D eigenvalue weighted by molar-refractivity contribution is -0.114. The standard InChI is InChI=1S/C28H30ClFN4O3/c1-15(2)34-24(14-26(32-34)31-16(3)35)17-8-9-23(25(13-17)37-20-11-18-10-19(18)12-20)33(4)28(36)27-21(29)6-5-7-22(27)30/h5-9,13-15,18-20H,10-12H2,1-4H3,(H,31,32,35)/i4D3. The molecule has 194 valence electrons. The van der Waals surface area contributed by atoms with Crippen molar-refractivity contribution in [1.29, 1.82) is 0 Å². The number of rotatable bonds is 7. The van der Waals surface area contributed by atoms with Crippen molar-refractivity contribution in [2.24, 2.45) is 11.8 Å². The van der Waals surface area contributed by atoms with E-state index in [1.807, 2.05) is 13.8 Å². The van der Waals surface area contributed by atoms with E-state index in [1.165, 1.54) is 25.1 Å². The molecular formula is C28H30ClFN4O3. The minimum atomic E-state index is -2.97. The van der Waals surface area contributed by atoms with Gasteiger partial charge in [-0.05, 0) is 69.2 Å². The number of carbonyl (C=O) groups excluding carboxylic acids is 2. The maximum absolute atomic E-state index is 14.8. The van der Waals surface area contributed by atoms with E-state index in [1.54, 1.807) is 22.9 Å². The third-order valence-electron chi connectivity index (χ3n) is 6.90. The summed E-state index contributed by atoms with van der Waals surface area (Å²) in [5, 5.41) is 6.99. The van der Waals surface area contributed by atoms with Crippen LogP contribution in [0.15, 0.2) is 42.5 Å². The van der Waals surface area contributed by atoms with Crippen LogP contribution in [0.2, 0.25) is 5.02 Å². The highest BCUT2D eigenvalue weighted by Crippen LogP contribution is 2.53. The van der Waals surface area contributed by atoms with Gasteiger partial charge in [0, 0.05) is 35.7 Å². The summed E-state index contributed by atoms with van der Waals surface area (Å²) in [5.74, 6) is -0.556. The zero-order valence-corrected chi connectivity index (χ0v) is 21.6. The van der Waals surface area contributed by atoms with Gasteiger partial charge in [-0.2, -0.15) is 5.10 Å². The Morgan fingerprint density at radius 2 is 1.97 bits per heavy atom. The molecule has 2 aromatic carbocycles. The van der Waals surface area contributed by atoms with Crippen molar-refractivity contribution in [2.45, 2.75) is 52.2 Å². The summed E-state index contributed by atoms with van der Waals surface area (Å²) in [4.78, 5) is 25.8. The van der Waals surface area contributed by atoms with Crippen LogP contribution in [0.5, 0.6) is 5.75 Å². The fraction of sp³-hybridized carbons (Fsp3) is 0.393. The summed E-state index contributed by atoms with van der Waals surface area (Å²) >= 11 is 6.15. The van der Waals surface area contributed by atoms with Gasteiger partial charge in [0.25, 0.3) is 5.91 Å². The van der Waals surface area contributed by atoms with E-state index in [0.717, 1.165) is 25.3 Å². The molecule has 0 bridgehead atoms. The van der Waals surface area contributed by atoms with Crippen molar-refractivity contribution in [2.75, 3.05) is 17.2 Å². The third-order valence-corrected chi connectivity index (χ3v) is 7.21. The molecule has 5 rings (SSSR count). The van der Waals surface area contributed by atoms with Gasteiger partial charge in [0.2, 0.25) is 5.91 Å². The molecule has 2 fully saturated rings. The number of amides is 2. The van der Waals surface area contributed by atoms with E-state index in [-0.39, 0.29) is 34.5 Å². The molecule has 37 heavy (non-hydrogen) atoms. The van der Waals surface area contributed by atoms with E-state index >= 15 is 0 Å². The molecule has 2 aliphatic rings. The number of hydrogen-bond acceptors (Lipinski definition) is 4. The molecule has 3 aromatic rings. The predicted octanol–water partition coefficient (Wildman–Crippen LogP) is 6.34. The van der Waals surface area contributed by atoms with E-state index in [4.69, 9.17) is 20.5 Å². The van der Waals surface area contributed by atoms with E-state index < -0.39 is 24.3 Å². The van der Waals surface area contributed by atoms with Gasteiger partial charge < -0.3 is 15.0 Å². The SMILES string of the molecule is [2H]C([2H])([2H])N(C(=O)c1c(F)cccc1Cl)c1ccc(-c2cc(NC(C)=O)nn2C(C)C)cc1OC1CC2CC2C1. The van der Waals surface area contributed by atoms with E-state index in [9.17, 15) is 14.0 Å². The topological polar surface area (TPSA) is 76.5 Å². The van der Waals surface area contributed by atoms with Gasteiger partial charge in [-0.15, -0.1) is 0 Å². The Kier molecular flexibility index (Phi) is 5.75. The summed E-state index contributed by atoms with van der Waals surface area (Å²) in [6.45, 7) is 2.30. The first-order chi connectivity index (χ1) is 18.8. The number of carbonyl (C=O) groups is 2. The fourth-order valence-electron chi connectivity index (χ4n) is 5.06. The van der Waals surface area contributed by atoms with E-state index in [0.29, 0.717) is 33.8 Å². The Bertz CT molecular complexity index is 1450. The van der Waals surface area contributed by atoms with Gasteiger partial charge in [-0.1, -0.05) is 23.7 Å². The Morgan fingerprint density at radius 1 is 1.22 bits per heavy atom. The largest absolute Gasteiger partial charge is 0.488 e. The van der Waals surface area contributed by atoms with Crippen LogP contribution in [0.1, 0.15) is 60.5 Å². The highest BCUT2D eigenvalue weighted by molar-refractivity contribution is 6.34. The fourth-order valence-corrected chi connectivity index (χ4v) is 5.30. The quantitative estimate of drug-likeness (QED) is 0.389. The molecule has 2 saturated carbocycles. The van der Waals surface area contributed by atoms with E-state index in [2.05, 4.69) is 10.4 Å². The average molecular weight is 528 g/mol. The summed E-state index contributed by atoms with van der Waals surface area (Å²) in [6.07, 6.45) is 2.70. The van der Waals surface area contributed by atoms with Gasteiger partial charge in [-0.3, -0.25) is 14.3 Å². The number of halogens is 2. The second kappa shape index (κ2) is 9.82. The first-order valence-electron chi connectivity index (χ1n) is 13.8. The molecule has 2 unspecified atom stereocenters. The van der Waals surface area contributed by atoms with Crippen LogP contribution in [0, 0.1) is 17.7 Å². The third kappa shape index (κ3) is 5.07. The lowest BCUT2D eigenvalue weighted by Gasteiger charge is -2.25. The summed E-state index contributed by atoms with van der Waals surface area (Å²) in [5.41, 5.74) is 0.747. The molecule has 1 heterocycles. The van der Waals surface area contributed by atoms with Crippen molar-refractivity contribution in [3.63, 3.8) is 0 Å². The molecule has 1 N–H and O–H groups in total. The number of nitrogens with zero attached hydrogens (tertiary/aromatic N) is 3. The Balaban J connectivity index is 1.63. The lowest BCUT2D eigenvalue weighted by Crippen LogP contribution is -2.28. The van der Waals surface area contributed by atoms with Crippen molar-refractivity contribution in [1.82, 2.24) is 9.78 Å². The first-order valence-corrected chi connectivity index (χ1v) is 12.7. The molecule has 0 saturated heterocycles. The monoisotopic (exact) mass is 527 g/mol. The van der Waals surface area contributed by atoms with Crippen LogP contribution in [-0.2, 0) is 4.79 Å². The van der Waals surface area contributed by atoms with Gasteiger partial charge in [-0.25, -0.2) is 4.39 Å². The molecule has 1 aromatic heterocycles. The number of anilines is 2. The highest BCUT2D eigenvalue weighted by atomic mass is 35.5. The number of aromatic nitrogens is 2. The molecular weight excluding hydrogens is 495 g/mol. The summed E-state index contributed by atoms with van der Waals surface area (Å²) in [6, 6.07) is 10.2. The Morgan fingerprint density at radius 3 is 2.62 bits per heavy atom. The van der Waals surface area contributed by atoms with Gasteiger partial charge >= 0.3 is 0 Å². The highest BCUT2D eigenvalue weighted by Gasteiger charge is 2.47. The maximum Gasteiger partial charge on any atom is 0.262 e. The number of ether oxygens (including phenoxy) is 1. The second-order valence-corrected chi connectivity index (χ2v) is 10.4. The number of benzene rings is 2. The van der Waals surface area contributed by atoms with Crippen LogP contribution < -0.4 is 15.0 Å². The Hall–Kier alpha value is -3.39. The van der Waals surface area contributed by atoms with Crippen molar-refractivity contribution in [3.8, 4) is 17.0 Å². The number of hydrogen-bond donors (Lipinski definition) is 1. The molecule has 2 amide bonds. The molecule has 2 atom stereocenters. The van der Waals surface area contributed by atoms with Crippen molar-refractivity contribution in [3.05, 3.63) is 58.9 Å². The molecule has 9 heteroatoms. The minimum Gasteiger partial charge on any atom is -0.488 e. The maximum atomic E-state index is 14.8. The second-order valence-electron chi connectivity index (χ2n) is 10.0. The summed E-state index contributed by atoms with van der Waals surface area (Å²) < 4.78 is 47.5. The predicted molar refractivity (Wildman–Crippen MR) is 142 cm³/mol.